The highest BCUT2D eigenvalue weighted by Crippen LogP contribution is 1.95. The summed E-state index contributed by atoms with van der Waals surface area (Å²) in [5, 5.41) is 0. The second-order valence-electron chi connectivity index (χ2n) is 1.57. The smallest absolute Gasteiger partial charge is 0.211 e. The number of rotatable bonds is 0. The topological polar surface area (TPSA) is 46.2 Å². The van der Waals surface area contributed by atoms with Crippen LogP contribution in [0.5, 0.6) is 0 Å². The molecule has 3 nitrogen and oxygen atoms in total. The van der Waals surface area contributed by atoms with Gasteiger partial charge in [-0.3, -0.25) is 0 Å². The Kier molecular flexibility index (Phi) is 3.81. The first-order valence-corrected chi connectivity index (χ1v) is 4.83. The van der Waals surface area contributed by atoms with Crippen LogP contribution in [0.2, 0.25) is 0 Å². The van der Waals surface area contributed by atoms with Crippen molar-refractivity contribution < 1.29 is 8.42 Å². The van der Waals surface area contributed by atoms with Gasteiger partial charge >= 0.3 is 0 Å². The molecule has 1 fully saturated rings. The van der Waals surface area contributed by atoms with E-state index in [1.165, 1.54) is 0 Å². The zero-order chi connectivity index (χ0) is 7.33. The maximum absolute atomic E-state index is 10.3. The van der Waals surface area contributed by atoms with Crippen molar-refractivity contribution >= 4 is 10.0 Å². The zero-order valence-corrected chi connectivity index (χ0v) is 6.66. The van der Waals surface area contributed by atoms with Crippen molar-refractivity contribution in [1.82, 2.24) is 4.72 Å². The van der Waals surface area contributed by atoms with Crippen LogP contribution in [0.3, 0.4) is 0 Å². The van der Waals surface area contributed by atoms with E-state index in [2.05, 4.69) is 4.72 Å². The molecule has 0 aromatic heterocycles. The van der Waals surface area contributed by atoms with Crippen LogP contribution in [0, 0.1) is 0 Å². The molecule has 1 aliphatic heterocycles. The summed E-state index contributed by atoms with van der Waals surface area (Å²) in [5.41, 5.74) is 0. The van der Waals surface area contributed by atoms with E-state index in [1.807, 2.05) is 13.8 Å². The summed E-state index contributed by atoms with van der Waals surface area (Å²) in [6.45, 7) is 4.63. The molecule has 56 valence electrons. The van der Waals surface area contributed by atoms with Gasteiger partial charge in [-0.25, -0.2) is 13.1 Å². The molecule has 1 saturated heterocycles. The monoisotopic (exact) mass is 151 g/mol. The standard InChI is InChI=1S/C3H7NO2S.C2H6/c5-7(6)3-1-2-4-7;1-2/h4H,1-3H2;1-2H3. The van der Waals surface area contributed by atoms with Crippen LogP contribution in [-0.4, -0.2) is 20.7 Å². The van der Waals surface area contributed by atoms with E-state index in [1.54, 1.807) is 0 Å². The van der Waals surface area contributed by atoms with Gasteiger partial charge < -0.3 is 0 Å². The minimum absolute atomic E-state index is 0.312. The van der Waals surface area contributed by atoms with Gasteiger partial charge in [-0.2, -0.15) is 0 Å². The van der Waals surface area contributed by atoms with Crippen molar-refractivity contribution in [2.45, 2.75) is 20.3 Å². The molecule has 0 unspecified atom stereocenters. The Labute approximate surface area is 56.5 Å². The van der Waals surface area contributed by atoms with Gasteiger partial charge in [-0.05, 0) is 6.42 Å². The number of nitrogens with one attached hydrogen (secondary N) is 1. The van der Waals surface area contributed by atoms with Gasteiger partial charge in [0.05, 0.1) is 5.75 Å². The van der Waals surface area contributed by atoms with Crippen LogP contribution in [-0.2, 0) is 10.0 Å². The first-order chi connectivity index (χ1) is 4.21. The first-order valence-electron chi connectivity index (χ1n) is 3.18. The third-order valence-electron chi connectivity index (χ3n) is 0.912. The number of hydrogen-bond donors (Lipinski definition) is 1. The summed E-state index contributed by atoms with van der Waals surface area (Å²) >= 11 is 0. The third-order valence-corrected chi connectivity index (χ3v) is 2.38. The summed E-state index contributed by atoms with van der Waals surface area (Å²) in [6, 6.07) is 0. The van der Waals surface area contributed by atoms with E-state index in [4.69, 9.17) is 0 Å². The van der Waals surface area contributed by atoms with Crippen LogP contribution in [0.1, 0.15) is 20.3 Å². The van der Waals surface area contributed by atoms with Gasteiger partial charge in [-0.1, -0.05) is 13.8 Å². The molecule has 4 heteroatoms. The van der Waals surface area contributed by atoms with Gasteiger partial charge in [0.15, 0.2) is 0 Å². The summed E-state index contributed by atoms with van der Waals surface area (Å²) < 4.78 is 23.0. The lowest BCUT2D eigenvalue weighted by Crippen LogP contribution is -2.15. The van der Waals surface area contributed by atoms with E-state index in [0.29, 0.717) is 12.3 Å². The lowest BCUT2D eigenvalue weighted by Gasteiger charge is -1.84. The minimum atomic E-state index is -2.80. The fourth-order valence-electron chi connectivity index (χ4n) is 0.562. The molecule has 1 rings (SSSR count). The van der Waals surface area contributed by atoms with Gasteiger partial charge in [0.1, 0.15) is 0 Å². The summed E-state index contributed by atoms with van der Waals surface area (Å²) in [4.78, 5) is 0. The Bertz CT molecular complexity index is 138. The summed E-state index contributed by atoms with van der Waals surface area (Å²) in [7, 11) is -2.80. The number of sulfonamides is 1. The van der Waals surface area contributed by atoms with Crippen molar-refractivity contribution in [3.8, 4) is 0 Å². The fraction of sp³-hybridized carbons (Fsp3) is 1.00. The lowest BCUT2D eigenvalue weighted by molar-refractivity contribution is 0.594. The lowest BCUT2D eigenvalue weighted by atomic mass is 10.5. The molecular formula is C5H13NO2S. The second-order valence-corrected chi connectivity index (χ2v) is 3.49. The Balaban J connectivity index is 0.000000291. The SMILES string of the molecule is CC.O=S1(=O)CCCN1. The molecule has 1 heterocycles. The molecule has 0 radical (unpaired) electrons. The van der Waals surface area contributed by atoms with E-state index < -0.39 is 10.0 Å². The van der Waals surface area contributed by atoms with Crippen LogP contribution in [0.4, 0.5) is 0 Å². The zero-order valence-electron chi connectivity index (χ0n) is 5.85. The molecule has 0 spiro atoms. The molecule has 1 aliphatic rings. The quantitative estimate of drug-likeness (QED) is 0.542. The molecular weight excluding hydrogens is 138 g/mol. The molecule has 0 atom stereocenters. The van der Waals surface area contributed by atoms with Crippen LogP contribution < -0.4 is 4.72 Å². The van der Waals surface area contributed by atoms with E-state index in [-0.39, 0.29) is 0 Å². The normalized spacial score (nSPS) is 22.4. The van der Waals surface area contributed by atoms with Crippen molar-refractivity contribution in [3.63, 3.8) is 0 Å². The predicted molar refractivity (Wildman–Crippen MR) is 37.8 cm³/mol. The number of hydrogen-bond acceptors (Lipinski definition) is 2. The molecule has 0 amide bonds. The Morgan fingerprint density at radius 2 is 1.89 bits per heavy atom. The van der Waals surface area contributed by atoms with Crippen molar-refractivity contribution in [2.24, 2.45) is 0 Å². The summed E-state index contributed by atoms with van der Waals surface area (Å²) in [6.07, 6.45) is 0.766. The van der Waals surface area contributed by atoms with Gasteiger partial charge in [0.25, 0.3) is 0 Å². The average Bonchev–Trinajstić information content (AvgIpc) is 2.19. The van der Waals surface area contributed by atoms with Crippen molar-refractivity contribution in [2.75, 3.05) is 12.3 Å². The van der Waals surface area contributed by atoms with Gasteiger partial charge in [0, 0.05) is 6.54 Å². The van der Waals surface area contributed by atoms with Crippen LogP contribution in [0.15, 0.2) is 0 Å². The highest BCUT2D eigenvalue weighted by Gasteiger charge is 2.14. The first kappa shape index (κ1) is 8.91. The highest BCUT2D eigenvalue weighted by molar-refractivity contribution is 7.89. The maximum atomic E-state index is 10.3. The fourth-order valence-corrected chi connectivity index (χ4v) is 1.69. The van der Waals surface area contributed by atoms with Gasteiger partial charge in [0.2, 0.25) is 10.0 Å². The molecule has 9 heavy (non-hydrogen) atoms. The predicted octanol–water partition coefficient (Wildman–Crippen LogP) is 0.336. The van der Waals surface area contributed by atoms with E-state index in [0.717, 1.165) is 6.42 Å². The van der Waals surface area contributed by atoms with Crippen molar-refractivity contribution in [3.05, 3.63) is 0 Å². The van der Waals surface area contributed by atoms with E-state index >= 15 is 0 Å². The molecule has 0 aromatic rings. The Hall–Kier alpha value is -0.0900. The molecule has 1 N–H and O–H groups in total. The Morgan fingerprint density at radius 3 is 2.00 bits per heavy atom. The van der Waals surface area contributed by atoms with Crippen LogP contribution in [0.25, 0.3) is 0 Å². The highest BCUT2D eigenvalue weighted by atomic mass is 32.2. The van der Waals surface area contributed by atoms with Gasteiger partial charge in [-0.15, -0.1) is 0 Å². The molecule has 0 aromatic carbocycles. The second kappa shape index (κ2) is 3.85. The third kappa shape index (κ3) is 3.48. The summed E-state index contributed by atoms with van der Waals surface area (Å²) in [5.74, 6) is 0.312. The molecule has 0 bridgehead atoms. The van der Waals surface area contributed by atoms with E-state index in [9.17, 15) is 8.42 Å². The van der Waals surface area contributed by atoms with Crippen LogP contribution >= 0.6 is 0 Å². The minimum Gasteiger partial charge on any atom is -0.215 e. The molecule has 0 aliphatic carbocycles. The maximum Gasteiger partial charge on any atom is 0.211 e. The average molecular weight is 151 g/mol. The largest absolute Gasteiger partial charge is 0.215 e. The van der Waals surface area contributed by atoms with Crippen molar-refractivity contribution in [1.29, 1.82) is 0 Å². The molecule has 0 saturated carbocycles. The Morgan fingerprint density at radius 1 is 1.33 bits per heavy atom.